The number of carbonyl (C=O) groups is 2. The van der Waals surface area contributed by atoms with Crippen LogP contribution in [-0.4, -0.2) is 67.2 Å². The SMILES string of the molecule is CCS(=O)(=O)c1cc(C(=O)NOC)nc(N2CCC(NC(=O)c3[nH]c(C)c(Cl)c3Cl)CC2)n1. The molecular formula is C19H24Cl2N6O5S. The molecule has 0 atom stereocenters. The van der Waals surface area contributed by atoms with Crippen LogP contribution < -0.4 is 15.7 Å². The van der Waals surface area contributed by atoms with Crippen molar-refractivity contribution in [3.63, 3.8) is 0 Å². The molecule has 11 nitrogen and oxygen atoms in total. The third-order valence-electron chi connectivity index (χ3n) is 5.21. The smallest absolute Gasteiger partial charge is 0.293 e. The highest BCUT2D eigenvalue weighted by atomic mass is 35.5. The number of sulfone groups is 1. The van der Waals surface area contributed by atoms with Crippen LogP contribution in [0.2, 0.25) is 10.0 Å². The molecule has 0 saturated carbocycles. The van der Waals surface area contributed by atoms with Crippen molar-refractivity contribution >= 4 is 50.8 Å². The zero-order valence-corrected chi connectivity index (χ0v) is 20.6. The van der Waals surface area contributed by atoms with Gasteiger partial charge in [0.25, 0.3) is 11.8 Å². The van der Waals surface area contributed by atoms with Crippen LogP contribution in [0.25, 0.3) is 0 Å². The summed E-state index contributed by atoms with van der Waals surface area (Å²) in [6, 6.07) is 0.975. The number of aromatic nitrogens is 3. The van der Waals surface area contributed by atoms with Gasteiger partial charge in [0.1, 0.15) is 11.4 Å². The highest BCUT2D eigenvalue weighted by Gasteiger charge is 2.27. The van der Waals surface area contributed by atoms with Gasteiger partial charge in [-0.3, -0.25) is 14.4 Å². The number of hydrogen-bond donors (Lipinski definition) is 3. The lowest BCUT2D eigenvalue weighted by molar-refractivity contribution is 0.0532. The largest absolute Gasteiger partial charge is 0.352 e. The number of rotatable bonds is 7. The van der Waals surface area contributed by atoms with E-state index in [0.29, 0.717) is 36.6 Å². The minimum Gasteiger partial charge on any atom is -0.352 e. The van der Waals surface area contributed by atoms with Crippen LogP contribution in [0.1, 0.15) is 46.4 Å². The molecule has 2 aromatic heterocycles. The zero-order valence-electron chi connectivity index (χ0n) is 18.2. The van der Waals surface area contributed by atoms with Crippen molar-refractivity contribution in [1.29, 1.82) is 0 Å². The number of piperidine rings is 1. The Morgan fingerprint density at radius 1 is 1.21 bits per heavy atom. The summed E-state index contributed by atoms with van der Waals surface area (Å²) in [5, 5.41) is 3.17. The minimum absolute atomic E-state index is 0.116. The number of amides is 2. The van der Waals surface area contributed by atoms with Crippen LogP contribution in [0.3, 0.4) is 0 Å². The molecular weight excluding hydrogens is 495 g/mol. The molecule has 14 heteroatoms. The third-order valence-corrected chi connectivity index (χ3v) is 7.76. The molecule has 0 aromatic carbocycles. The topological polar surface area (TPSA) is 146 Å². The highest BCUT2D eigenvalue weighted by molar-refractivity contribution is 7.91. The average molecular weight is 519 g/mol. The third kappa shape index (κ3) is 5.57. The number of carbonyl (C=O) groups excluding carboxylic acids is 2. The van der Waals surface area contributed by atoms with E-state index in [2.05, 4.69) is 30.6 Å². The van der Waals surface area contributed by atoms with Gasteiger partial charge < -0.3 is 15.2 Å². The van der Waals surface area contributed by atoms with E-state index in [4.69, 9.17) is 23.2 Å². The number of halogens is 2. The number of anilines is 1. The first-order valence-electron chi connectivity index (χ1n) is 10.1. The normalized spacial score (nSPS) is 14.9. The van der Waals surface area contributed by atoms with Crippen LogP contribution in [0.15, 0.2) is 11.1 Å². The minimum atomic E-state index is -3.68. The Morgan fingerprint density at radius 3 is 2.42 bits per heavy atom. The second-order valence-electron chi connectivity index (χ2n) is 7.42. The Balaban J connectivity index is 1.74. The fraction of sp³-hybridized carbons (Fsp3) is 0.474. The second-order valence-corrected chi connectivity index (χ2v) is 10.4. The molecule has 2 aromatic rings. The average Bonchev–Trinajstić information content (AvgIpc) is 3.06. The van der Waals surface area contributed by atoms with E-state index in [-0.39, 0.29) is 45.1 Å². The number of hydrogen-bond acceptors (Lipinski definition) is 8. The molecule has 1 aliphatic rings. The van der Waals surface area contributed by atoms with Crippen molar-refractivity contribution < 1.29 is 22.8 Å². The summed E-state index contributed by atoms with van der Waals surface area (Å²) in [4.78, 5) is 42.4. The molecule has 3 N–H and O–H groups in total. The summed E-state index contributed by atoms with van der Waals surface area (Å²) in [5.74, 6) is -1.11. The van der Waals surface area contributed by atoms with Gasteiger partial charge >= 0.3 is 0 Å². The quantitative estimate of drug-likeness (QED) is 0.372. The Morgan fingerprint density at radius 2 is 1.88 bits per heavy atom. The number of hydroxylamine groups is 1. The summed E-state index contributed by atoms with van der Waals surface area (Å²) in [6.45, 7) is 4.08. The monoisotopic (exact) mass is 518 g/mol. The summed E-state index contributed by atoms with van der Waals surface area (Å²) in [7, 11) is -2.41. The Labute approximate surface area is 201 Å². The molecule has 1 fully saturated rings. The van der Waals surface area contributed by atoms with Crippen LogP contribution >= 0.6 is 23.2 Å². The van der Waals surface area contributed by atoms with Gasteiger partial charge in [-0.2, -0.15) is 0 Å². The number of aromatic amines is 1. The molecule has 3 heterocycles. The van der Waals surface area contributed by atoms with Crippen LogP contribution in [-0.2, 0) is 14.7 Å². The predicted molar refractivity (Wildman–Crippen MR) is 122 cm³/mol. The van der Waals surface area contributed by atoms with Crippen LogP contribution in [0.5, 0.6) is 0 Å². The molecule has 1 aliphatic heterocycles. The van der Waals surface area contributed by atoms with Crippen molar-refractivity contribution in [1.82, 2.24) is 25.7 Å². The van der Waals surface area contributed by atoms with Crippen LogP contribution in [0.4, 0.5) is 5.95 Å². The van der Waals surface area contributed by atoms with Gasteiger partial charge in [0.2, 0.25) is 5.95 Å². The van der Waals surface area contributed by atoms with Gasteiger partial charge in [-0.25, -0.2) is 23.9 Å². The van der Waals surface area contributed by atoms with Crippen molar-refractivity contribution in [2.45, 2.75) is 37.8 Å². The maximum Gasteiger partial charge on any atom is 0.293 e. The van der Waals surface area contributed by atoms with E-state index in [1.54, 1.807) is 11.8 Å². The number of nitrogens with zero attached hydrogens (tertiary/aromatic N) is 3. The van der Waals surface area contributed by atoms with Crippen LogP contribution in [0, 0.1) is 6.92 Å². The summed E-state index contributed by atoms with van der Waals surface area (Å²) < 4.78 is 24.8. The van der Waals surface area contributed by atoms with E-state index in [1.165, 1.54) is 14.0 Å². The highest BCUT2D eigenvalue weighted by Crippen LogP contribution is 2.29. The van der Waals surface area contributed by atoms with Crippen molar-refractivity contribution in [3.05, 3.63) is 33.2 Å². The maximum absolute atomic E-state index is 12.6. The van der Waals surface area contributed by atoms with E-state index >= 15 is 0 Å². The molecule has 3 rings (SSSR count). The van der Waals surface area contributed by atoms with E-state index in [1.807, 2.05) is 0 Å². The molecule has 0 spiro atoms. The maximum atomic E-state index is 12.6. The molecule has 0 aliphatic carbocycles. The van der Waals surface area contributed by atoms with Gasteiger partial charge in [0, 0.05) is 30.9 Å². The Hall–Kier alpha value is -2.41. The number of nitrogens with one attached hydrogen (secondary N) is 3. The summed E-state index contributed by atoms with van der Waals surface area (Å²) in [5.41, 5.74) is 2.81. The standard InChI is InChI=1S/C19H24Cl2N6O5S/c1-4-33(30,31)13-9-12(17(28)26-32-3)24-19(25-13)27-7-5-11(6-8-27)23-18(29)16-15(21)14(20)10(2)22-16/h9,11,22H,4-8H2,1-3H3,(H,23,29)(H,26,28). The first kappa shape index (κ1) is 25.2. The molecule has 180 valence electrons. The fourth-order valence-corrected chi connectivity index (χ4v) is 4.56. The lowest BCUT2D eigenvalue weighted by atomic mass is 10.1. The molecule has 33 heavy (non-hydrogen) atoms. The molecule has 0 unspecified atom stereocenters. The second kappa shape index (κ2) is 10.2. The van der Waals surface area contributed by atoms with Crippen molar-refractivity contribution in [2.75, 3.05) is 30.9 Å². The molecule has 2 amide bonds. The first-order chi connectivity index (χ1) is 15.6. The van der Waals surface area contributed by atoms with E-state index < -0.39 is 15.7 Å². The fourth-order valence-electron chi connectivity index (χ4n) is 3.33. The molecule has 1 saturated heterocycles. The van der Waals surface area contributed by atoms with Gasteiger partial charge in [-0.1, -0.05) is 30.1 Å². The van der Waals surface area contributed by atoms with Crippen molar-refractivity contribution in [3.8, 4) is 0 Å². The first-order valence-corrected chi connectivity index (χ1v) is 12.5. The molecule has 0 bridgehead atoms. The molecule has 0 radical (unpaired) electrons. The number of aryl methyl sites for hydroxylation is 1. The van der Waals surface area contributed by atoms with Crippen molar-refractivity contribution in [2.24, 2.45) is 0 Å². The lowest BCUT2D eigenvalue weighted by Gasteiger charge is -2.32. The van der Waals surface area contributed by atoms with E-state index in [9.17, 15) is 18.0 Å². The van der Waals surface area contributed by atoms with E-state index in [0.717, 1.165) is 6.07 Å². The predicted octanol–water partition coefficient (Wildman–Crippen LogP) is 1.90. The zero-order chi connectivity index (χ0) is 24.3. The summed E-state index contributed by atoms with van der Waals surface area (Å²) >= 11 is 12.2. The summed E-state index contributed by atoms with van der Waals surface area (Å²) in [6.07, 6.45) is 1.09. The number of H-pyrrole nitrogens is 1. The van der Waals surface area contributed by atoms with Gasteiger partial charge in [-0.15, -0.1) is 0 Å². The van der Waals surface area contributed by atoms with Gasteiger partial charge in [0.05, 0.1) is 22.9 Å². The van der Waals surface area contributed by atoms with Gasteiger partial charge in [0.15, 0.2) is 14.9 Å². The Kier molecular flexibility index (Phi) is 7.83. The lowest BCUT2D eigenvalue weighted by Crippen LogP contribution is -2.45. The Bertz CT molecular complexity index is 1160. The van der Waals surface area contributed by atoms with Gasteiger partial charge in [-0.05, 0) is 19.8 Å².